The number of carbonyl (C=O) groups is 1. The van der Waals surface area contributed by atoms with Crippen LogP contribution in [0.4, 0.5) is 0 Å². The third-order valence-corrected chi connectivity index (χ3v) is 3.30. The summed E-state index contributed by atoms with van der Waals surface area (Å²) in [7, 11) is 0. The van der Waals surface area contributed by atoms with Crippen molar-refractivity contribution in [2.75, 3.05) is 13.1 Å². The standard InChI is InChI=1S/C13H20N4O/c14-12-2-1-7-17(9-12)8-10-3-5-11(6-4-10)13(18)16-15/h3-6,12H,1-2,7-9,14-15H2,(H,16,18). The zero-order valence-corrected chi connectivity index (χ0v) is 10.4. The number of hydrazine groups is 1. The van der Waals surface area contributed by atoms with E-state index in [1.807, 2.05) is 12.1 Å². The number of nitrogens with zero attached hydrogens (tertiary/aromatic N) is 1. The molecule has 2 rings (SSSR count). The van der Waals surface area contributed by atoms with E-state index in [2.05, 4.69) is 10.3 Å². The fraction of sp³-hybridized carbons (Fsp3) is 0.462. The minimum absolute atomic E-state index is 0.262. The third-order valence-electron chi connectivity index (χ3n) is 3.30. The van der Waals surface area contributed by atoms with Gasteiger partial charge in [-0.1, -0.05) is 12.1 Å². The largest absolute Gasteiger partial charge is 0.327 e. The van der Waals surface area contributed by atoms with Gasteiger partial charge in [0.25, 0.3) is 5.91 Å². The Bertz CT molecular complexity index is 404. The molecule has 5 heteroatoms. The van der Waals surface area contributed by atoms with Crippen LogP contribution in [0.3, 0.4) is 0 Å². The number of nitrogen functional groups attached to an aromatic ring is 1. The summed E-state index contributed by atoms with van der Waals surface area (Å²) in [5.41, 5.74) is 9.85. The van der Waals surface area contributed by atoms with E-state index in [9.17, 15) is 4.79 Å². The topological polar surface area (TPSA) is 84.4 Å². The smallest absolute Gasteiger partial charge is 0.265 e. The molecule has 98 valence electrons. The number of amides is 1. The Labute approximate surface area is 107 Å². The minimum Gasteiger partial charge on any atom is -0.327 e. The van der Waals surface area contributed by atoms with E-state index in [1.165, 1.54) is 5.56 Å². The van der Waals surface area contributed by atoms with Crippen LogP contribution >= 0.6 is 0 Å². The first-order valence-corrected chi connectivity index (χ1v) is 6.27. The molecule has 1 fully saturated rings. The van der Waals surface area contributed by atoms with E-state index in [0.717, 1.165) is 32.5 Å². The third kappa shape index (κ3) is 3.29. The van der Waals surface area contributed by atoms with Gasteiger partial charge < -0.3 is 5.73 Å². The highest BCUT2D eigenvalue weighted by molar-refractivity contribution is 5.93. The summed E-state index contributed by atoms with van der Waals surface area (Å²) in [6.45, 7) is 2.93. The summed E-state index contributed by atoms with van der Waals surface area (Å²) in [4.78, 5) is 13.6. The molecular formula is C13H20N4O. The van der Waals surface area contributed by atoms with Crippen molar-refractivity contribution in [2.45, 2.75) is 25.4 Å². The van der Waals surface area contributed by atoms with Gasteiger partial charge in [-0.3, -0.25) is 15.1 Å². The van der Waals surface area contributed by atoms with Crippen molar-refractivity contribution in [3.05, 3.63) is 35.4 Å². The second kappa shape index (κ2) is 5.95. The molecule has 5 nitrogen and oxygen atoms in total. The molecule has 1 aromatic carbocycles. The molecule has 1 amide bonds. The van der Waals surface area contributed by atoms with Crippen LogP contribution in [0.15, 0.2) is 24.3 Å². The number of rotatable bonds is 3. The molecule has 1 aromatic rings. The number of likely N-dealkylation sites (tertiary alicyclic amines) is 1. The van der Waals surface area contributed by atoms with Gasteiger partial charge in [0.1, 0.15) is 0 Å². The minimum atomic E-state index is -0.262. The molecule has 1 atom stereocenters. The Morgan fingerprint density at radius 1 is 1.39 bits per heavy atom. The van der Waals surface area contributed by atoms with Crippen molar-refractivity contribution in [3.63, 3.8) is 0 Å². The van der Waals surface area contributed by atoms with E-state index in [0.29, 0.717) is 11.6 Å². The van der Waals surface area contributed by atoms with Crippen LogP contribution in [0.5, 0.6) is 0 Å². The number of nitrogens with two attached hydrogens (primary N) is 2. The van der Waals surface area contributed by atoms with Crippen molar-refractivity contribution in [1.29, 1.82) is 0 Å². The highest BCUT2D eigenvalue weighted by Gasteiger charge is 2.16. The van der Waals surface area contributed by atoms with E-state index >= 15 is 0 Å². The number of hydrogen-bond donors (Lipinski definition) is 3. The van der Waals surface area contributed by atoms with Crippen molar-refractivity contribution in [2.24, 2.45) is 11.6 Å². The molecule has 1 unspecified atom stereocenters. The zero-order valence-electron chi connectivity index (χ0n) is 10.4. The van der Waals surface area contributed by atoms with Gasteiger partial charge >= 0.3 is 0 Å². The van der Waals surface area contributed by atoms with Crippen molar-refractivity contribution < 1.29 is 4.79 Å². The van der Waals surface area contributed by atoms with Crippen molar-refractivity contribution in [3.8, 4) is 0 Å². The highest BCUT2D eigenvalue weighted by Crippen LogP contribution is 2.13. The van der Waals surface area contributed by atoms with Gasteiger partial charge in [-0.05, 0) is 37.1 Å². The highest BCUT2D eigenvalue weighted by atomic mass is 16.2. The van der Waals surface area contributed by atoms with E-state index < -0.39 is 0 Å². The molecule has 5 N–H and O–H groups in total. The normalized spacial score (nSPS) is 20.7. The molecule has 0 bridgehead atoms. The first-order valence-electron chi connectivity index (χ1n) is 6.27. The maximum atomic E-state index is 11.3. The summed E-state index contributed by atoms with van der Waals surface area (Å²) in [6.07, 6.45) is 2.28. The molecule has 1 aliphatic heterocycles. The van der Waals surface area contributed by atoms with Gasteiger partial charge in [0.05, 0.1) is 0 Å². The van der Waals surface area contributed by atoms with Gasteiger partial charge in [0.15, 0.2) is 0 Å². The molecule has 0 saturated carbocycles. The lowest BCUT2D eigenvalue weighted by Gasteiger charge is -2.30. The number of nitrogens with one attached hydrogen (secondary N) is 1. The number of hydrogen-bond acceptors (Lipinski definition) is 4. The fourth-order valence-corrected chi connectivity index (χ4v) is 2.34. The second-order valence-electron chi connectivity index (χ2n) is 4.81. The van der Waals surface area contributed by atoms with Crippen molar-refractivity contribution >= 4 is 5.91 Å². The van der Waals surface area contributed by atoms with Crippen molar-refractivity contribution in [1.82, 2.24) is 10.3 Å². The average molecular weight is 248 g/mol. The van der Waals surface area contributed by atoms with E-state index in [1.54, 1.807) is 12.1 Å². The molecule has 18 heavy (non-hydrogen) atoms. The molecule has 0 radical (unpaired) electrons. The molecule has 1 saturated heterocycles. The predicted molar refractivity (Wildman–Crippen MR) is 70.6 cm³/mol. The van der Waals surface area contributed by atoms with Gasteiger partial charge in [0, 0.05) is 24.7 Å². The number of piperidine rings is 1. The Morgan fingerprint density at radius 2 is 2.11 bits per heavy atom. The Balaban J connectivity index is 1.95. The monoisotopic (exact) mass is 248 g/mol. The Kier molecular flexibility index (Phi) is 4.30. The Morgan fingerprint density at radius 3 is 2.72 bits per heavy atom. The molecular weight excluding hydrogens is 228 g/mol. The maximum absolute atomic E-state index is 11.3. The zero-order chi connectivity index (χ0) is 13.0. The van der Waals surface area contributed by atoms with Crippen LogP contribution < -0.4 is 17.0 Å². The van der Waals surface area contributed by atoms with Gasteiger partial charge in [-0.25, -0.2) is 5.84 Å². The van der Waals surface area contributed by atoms with Crippen LogP contribution in [0, 0.1) is 0 Å². The first kappa shape index (κ1) is 13.0. The SMILES string of the molecule is NNC(=O)c1ccc(CN2CCCC(N)C2)cc1. The Hall–Kier alpha value is -1.43. The quantitative estimate of drug-likeness (QED) is 0.406. The number of carbonyl (C=O) groups excluding carboxylic acids is 1. The lowest BCUT2D eigenvalue weighted by molar-refractivity contribution is 0.0953. The van der Waals surface area contributed by atoms with Gasteiger partial charge in [-0.2, -0.15) is 0 Å². The first-order chi connectivity index (χ1) is 8.69. The molecule has 1 heterocycles. The van der Waals surface area contributed by atoms with Crippen LogP contribution in [-0.2, 0) is 6.54 Å². The predicted octanol–water partition coefficient (Wildman–Crippen LogP) is 0.213. The molecule has 0 spiro atoms. The summed E-state index contributed by atoms with van der Waals surface area (Å²) in [6, 6.07) is 7.80. The summed E-state index contributed by atoms with van der Waals surface area (Å²) >= 11 is 0. The number of benzene rings is 1. The van der Waals surface area contributed by atoms with Crippen LogP contribution in [0.2, 0.25) is 0 Å². The fourth-order valence-electron chi connectivity index (χ4n) is 2.34. The molecule has 0 aliphatic carbocycles. The second-order valence-corrected chi connectivity index (χ2v) is 4.81. The molecule has 1 aliphatic rings. The van der Waals surface area contributed by atoms with E-state index in [4.69, 9.17) is 11.6 Å². The van der Waals surface area contributed by atoms with E-state index in [-0.39, 0.29) is 5.91 Å². The average Bonchev–Trinajstić information content (AvgIpc) is 2.39. The summed E-state index contributed by atoms with van der Waals surface area (Å²) in [5.74, 6) is 4.82. The van der Waals surface area contributed by atoms with Crippen LogP contribution in [0.1, 0.15) is 28.8 Å². The lowest BCUT2D eigenvalue weighted by atomic mass is 10.1. The summed E-state index contributed by atoms with van der Waals surface area (Å²) < 4.78 is 0. The van der Waals surface area contributed by atoms with Gasteiger partial charge in [-0.15, -0.1) is 0 Å². The summed E-state index contributed by atoms with van der Waals surface area (Å²) in [5, 5.41) is 0. The maximum Gasteiger partial charge on any atom is 0.265 e. The lowest BCUT2D eigenvalue weighted by Crippen LogP contribution is -2.42. The van der Waals surface area contributed by atoms with Crippen LogP contribution in [0.25, 0.3) is 0 Å². The van der Waals surface area contributed by atoms with Crippen LogP contribution in [-0.4, -0.2) is 29.9 Å². The molecule has 0 aromatic heterocycles. The van der Waals surface area contributed by atoms with Gasteiger partial charge in [0.2, 0.25) is 0 Å².